The Morgan fingerprint density at radius 2 is 1.67 bits per heavy atom. The van der Waals surface area contributed by atoms with Crippen LogP contribution in [0.4, 0.5) is 14.5 Å². The Morgan fingerprint density at radius 1 is 1.00 bits per heavy atom. The van der Waals surface area contributed by atoms with E-state index in [9.17, 15) is 26.8 Å². The van der Waals surface area contributed by atoms with E-state index in [1.807, 2.05) is 44.2 Å². The third-order valence-electron chi connectivity index (χ3n) is 6.00. The fourth-order valence-corrected chi connectivity index (χ4v) is 4.64. The number of hydrogen-bond acceptors (Lipinski definition) is 4. The monoisotopic (exact) mass is 523 g/mol. The number of amides is 2. The van der Waals surface area contributed by atoms with Gasteiger partial charge in [0, 0.05) is 31.6 Å². The smallest absolute Gasteiger partial charge is 0.242 e. The first kappa shape index (κ1) is 29.2. The van der Waals surface area contributed by atoms with E-state index in [4.69, 9.17) is 0 Å². The summed E-state index contributed by atoms with van der Waals surface area (Å²) in [6.07, 6.45) is 2.38. The largest absolute Gasteiger partial charge is 0.352 e. The van der Waals surface area contributed by atoms with Crippen LogP contribution in [0, 0.1) is 11.6 Å². The van der Waals surface area contributed by atoms with E-state index >= 15 is 0 Å². The molecule has 0 aromatic heterocycles. The molecule has 2 aromatic carbocycles. The van der Waals surface area contributed by atoms with Crippen molar-refractivity contribution in [2.75, 3.05) is 23.7 Å². The first-order chi connectivity index (χ1) is 16.9. The molecule has 1 N–H and O–H groups in total. The van der Waals surface area contributed by atoms with Gasteiger partial charge in [-0.2, -0.15) is 0 Å². The molecular weight excluding hydrogens is 488 g/mol. The zero-order valence-electron chi connectivity index (χ0n) is 21.2. The van der Waals surface area contributed by atoms with Gasteiger partial charge in [0.25, 0.3) is 0 Å². The minimum Gasteiger partial charge on any atom is -0.352 e. The molecule has 0 saturated heterocycles. The lowest BCUT2D eigenvalue weighted by atomic mass is 10.1. The second-order valence-corrected chi connectivity index (χ2v) is 10.8. The predicted molar refractivity (Wildman–Crippen MR) is 137 cm³/mol. The molecule has 0 aliphatic rings. The van der Waals surface area contributed by atoms with Crippen molar-refractivity contribution in [3.8, 4) is 0 Å². The summed E-state index contributed by atoms with van der Waals surface area (Å²) in [6, 6.07) is 11.7. The van der Waals surface area contributed by atoms with Gasteiger partial charge >= 0.3 is 0 Å². The van der Waals surface area contributed by atoms with Crippen LogP contribution in [0.5, 0.6) is 0 Å². The van der Waals surface area contributed by atoms with Gasteiger partial charge in [-0.05, 0) is 50.8 Å². The molecule has 0 aliphatic heterocycles. The average Bonchev–Trinajstić information content (AvgIpc) is 2.83. The lowest BCUT2D eigenvalue weighted by Crippen LogP contribution is -2.50. The first-order valence-electron chi connectivity index (χ1n) is 12.0. The van der Waals surface area contributed by atoms with Gasteiger partial charge in [-0.15, -0.1) is 0 Å². The Morgan fingerprint density at radius 3 is 2.25 bits per heavy atom. The Hall–Kier alpha value is -3.01. The molecule has 0 fully saturated rings. The summed E-state index contributed by atoms with van der Waals surface area (Å²) >= 11 is 0. The van der Waals surface area contributed by atoms with Gasteiger partial charge in [0.15, 0.2) is 11.6 Å². The van der Waals surface area contributed by atoms with Crippen molar-refractivity contribution in [1.82, 2.24) is 10.2 Å². The van der Waals surface area contributed by atoms with Crippen LogP contribution in [-0.4, -0.2) is 56.6 Å². The Labute approximate surface area is 212 Å². The Balaban J connectivity index is 2.13. The highest BCUT2D eigenvalue weighted by Crippen LogP contribution is 2.21. The molecule has 198 valence electrons. The Bertz CT molecular complexity index is 1130. The zero-order chi connectivity index (χ0) is 26.9. The molecule has 0 heterocycles. The minimum atomic E-state index is -3.80. The van der Waals surface area contributed by atoms with Crippen molar-refractivity contribution in [1.29, 1.82) is 0 Å². The number of sulfonamides is 1. The summed E-state index contributed by atoms with van der Waals surface area (Å²) in [4.78, 5) is 27.5. The summed E-state index contributed by atoms with van der Waals surface area (Å²) < 4.78 is 52.5. The van der Waals surface area contributed by atoms with Crippen LogP contribution in [0.1, 0.15) is 45.6 Å². The molecule has 2 atom stereocenters. The third-order valence-corrected chi connectivity index (χ3v) is 7.19. The van der Waals surface area contributed by atoms with E-state index in [0.717, 1.165) is 34.7 Å². The van der Waals surface area contributed by atoms with Gasteiger partial charge in [-0.3, -0.25) is 13.9 Å². The van der Waals surface area contributed by atoms with E-state index in [-0.39, 0.29) is 42.9 Å². The molecule has 7 nitrogen and oxygen atoms in total. The third kappa shape index (κ3) is 8.58. The van der Waals surface area contributed by atoms with Crippen molar-refractivity contribution in [2.24, 2.45) is 0 Å². The topological polar surface area (TPSA) is 86.8 Å². The van der Waals surface area contributed by atoms with E-state index < -0.39 is 27.7 Å². The summed E-state index contributed by atoms with van der Waals surface area (Å²) in [5, 5.41) is 2.90. The maximum Gasteiger partial charge on any atom is 0.242 e. The lowest BCUT2D eigenvalue weighted by molar-refractivity contribution is -0.140. The summed E-state index contributed by atoms with van der Waals surface area (Å²) in [5.74, 6) is -2.80. The van der Waals surface area contributed by atoms with Gasteiger partial charge in [-0.1, -0.05) is 37.3 Å². The summed E-state index contributed by atoms with van der Waals surface area (Å²) in [6.45, 7) is 5.73. The zero-order valence-corrected chi connectivity index (χ0v) is 22.0. The quantitative estimate of drug-likeness (QED) is 0.432. The van der Waals surface area contributed by atoms with E-state index in [0.29, 0.717) is 13.0 Å². The molecule has 36 heavy (non-hydrogen) atoms. The number of rotatable bonds is 13. The number of carbonyl (C=O) groups is 2. The minimum absolute atomic E-state index is 0.0221. The Kier molecular flexibility index (Phi) is 10.8. The van der Waals surface area contributed by atoms with Crippen LogP contribution in [0.2, 0.25) is 0 Å². The molecule has 10 heteroatoms. The number of carbonyl (C=O) groups excluding carboxylic acids is 2. The SMILES string of the molecule is CC[C@H](C)NC(=O)[C@@H](C)N(CCc1ccccc1)C(=O)CCCN(c1ccc(F)c(F)c1)S(C)(=O)=O. The number of benzene rings is 2. The average molecular weight is 524 g/mol. The summed E-state index contributed by atoms with van der Waals surface area (Å²) in [5.41, 5.74) is 0.998. The van der Waals surface area contributed by atoms with Crippen molar-refractivity contribution in [3.05, 3.63) is 65.7 Å². The molecule has 0 spiro atoms. The maximum absolute atomic E-state index is 13.7. The van der Waals surface area contributed by atoms with E-state index in [1.165, 1.54) is 11.0 Å². The van der Waals surface area contributed by atoms with Gasteiger partial charge in [-0.25, -0.2) is 17.2 Å². The second kappa shape index (κ2) is 13.3. The molecule has 0 bridgehead atoms. The van der Waals surface area contributed by atoms with Crippen LogP contribution in [0.25, 0.3) is 0 Å². The molecule has 2 aromatic rings. The van der Waals surface area contributed by atoms with E-state index in [1.54, 1.807) is 6.92 Å². The molecule has 2 rings (SSSR count). The second-order valence-electron chi connectivity index (χ2n) is 8.85. The fraction of sp³-hybridized carbons (Fsp3) is 0.462. The molecule has 0 radical (unpaired) electrons. The van der Waals surface area contributed by atoms with Crippen LogP contribution < -0.4 is 9.62 Å². The van der Waals surface area contributed by atoms with Crippen molar-refractivity contribution < 1.29 is 26.8 Å². The maximum atomic E-state index is 13.7. The highest BCUT2D eigenvalue weighted by atomic mass is 32.2. The standard InChI is InChI=1S/C26H35F2N3O4S/c1-5-19(2)29-26(33)20(3)30(17-15-21-10-7-6-8-11-21)25(32)12-9-16-31(36(4,34)35)22-13-14-23(27)24(28)18-22/h6-8,10-11,13-14,18-20H,5,9,12,15-17H2,1-4H3,(H,29,33)/t19-,20+/m0/s1. The number of nitrogens with one attached hydrogen (secondary N) is 1. The lowest BCUT2D eigenvalue weighted by Gasteiger charge is -2.30. The number of hydrogen-bond donors (Lipinski definition) is 1. The van der Waals surface area contributed by atoms with Crippen molar-refractivity contribution in [3.63, 3.8) is 0 Å². The van der Waals surface area contributed by atoms with Crippen molar-refractivity contribution in [2.45, 2.75) is 58.5 Å². The van der Waals surface area contributed by atoms with Crippen LogP contribution in [-0.2, 0) is 26.0 Å². The van der Waals surface area contributed by atoms with Gasteiger partial charge in [0.05, 0.1) is 11.9 Å². The molecule has 0 saturated carbocycles. The molecule has 0 aliphatic carbocycles. The van der Waals surface area contributed by atoms with Gasteiger partial charge in [0.2, 0.25) is 21.8 Å². The first-order valence-corrected chi connectivity index (χ1v) is 13.8. The summed E-state index contributed by atoms with van der Waals surface area (Å²) in [7, 11) is -3.80. The van der Waals surface area contributed by atoms with Gasteiger partial charge < -0.3 is 10.2 Å². The van der Waals surface area contributed by atoms with Gasteiger partial charge in [0.1, 0.15) is 6.04 Å². The highest BCUT2D eigenvalue weighted by molar-refractivity contribution is 7.92. The normalized spacial score (nSPS) is 13.1. The van der Waals surface area contributed by atoms with Crippen molar-refractivity contribution >= 4 is 27.5 Å². The number of anilines is 1. The molecular formula is C26H35F2N3O4S. The highest BCUT2D eigenvalue weighted by Gasteiger charge is 2.27. The predicted octanol–water partition coefficient (Wildman–Crippen LogP) is 3.89. The van der Waals surface area contributed by atoms with Crippen LogP contribution >= 0.6 is 0 Å². The van der Waals surface area contributed by atoms with Crippen LogP contribution in [0.3, 0.4) is 0 Å². The fourth-order valence-electron chi connectivity index (χ4n) is 3.68. The number of nitrogens with zero attached hydrogens (tertiary/aromatic N) is 2. The molecule has 2 amide bonds. The molecule has 0 unspecified atom stereocenters. The van der Waals surface area contributed by atoms with E-state index in [2.05, 4.69) is 5.32 Å². The van der Waals surface area contributed by atoms with Crippen LogP contribution in [0.15, 0.2) is 48.5 Å². The number of halogens is 2.